The molecule has 1 aromatic carbocycles. The van der Waals surface area contributed by atoms with Crippen LogP contribution >= 0.6 is 11.3 Å². The van der Waals surface area contributed by atoms with Gasteiger partial charge in [-0.05, 0) is 82.8 Å². The van der Waals surface area contributed by atoms with E-state index in [2.05, 4.69) is 40.9 Å². The molecule has 12 heteroatoms. The van der Waals surface area contributed by atoms with Gasteiger partial charge in [-0.3, -0.25) is 14.2 Å². The second-order valence-corrected chi connectivity index (χ2v) is 11.7. The number of aromatic nitrogens is 2. The smallest absolute Gasteiger partial charge is 0.360 e. The van der Waals surface area contributed by atoms with E-state index in [1.807, 2.05) is 19.2 Å². The molecule has 1 amide bonds. The Kier molecular flexibility index (Phi) is 9.29. The number of nitriles is 1. The number of benzene rings is 1. The average molecular weight is 589 g/mol. The maximum atomic E-state index is 13.0. The number of carbonyl (C=O) groups excluding carboxylic acids is 1. The van der Waals surface area contributed by atoms with Crippen LogP contribution in [-0.4, -0.2) is 51.8 Å². The normalized spacial score (nSPS) is 16.3. The summed E-state index contributed by atoms with van der Waals surface area (Å²) in [4.78, 5) is 27.9. The highest BCUT2D eigenvalue weighted by molar-refractivity contribution is 7.07. The topological polar surface area (TPSA) is 95.1 Å². The number of rotatable bonds is 8. The van der Waals surface area contributed by atoms with Gasteiger partial charge in [-0.25, -0.2) is 0 Å². The Morgan fingerprint density at radius 3 is 2.59 bits per heavy atom. The summed E-state index contributed by atoms with van der Waals surface area (Å²) < 4.78 is 41.3. The predicted molar refractivity (Wildman–Crippen MR) is 156 cm³/mol. The fourth-order valence-electron chi connectivity index (χ4n) is 5.32. The second kappa shape index (κ2) is 12.5. The van der Waals surface area contributed by atoms with Gasteiger partial charge in [0.2, 0.25) is 0 Å². The van der Waals surface area contributed by atoms with E-state index in [0.29, 0.717) is 12.0 Å². The molecule has 0 bridgehead atoms. The molecule has 1 saturated heterocycles. The number of amides is 1. The second-order valence-electron chi connectivity index (χ2n) is 10.7. The Labute approximate surface area is 240 Å². The fraction of sp³-hybridized carbons (Fsp3) is 0.483. The van der Waals surface area contributed by atoms with E-state index in [1.54, 1.807) is 18.3 Å². The zero-order valence-electron chi connectivity index (χ0n) is 23.6. The van der Waals surface area contributed by atoms with Crippen LogP contribution in [0.15, 0.2) is 29.2 Å². The van der Waals surface area contributed by atoms with E-state index < -0.39 is 29.8 Å². The molecule has 0 saturated carbocycles. The van der Waals surface area contributed by atoms with Crippen molar-refractivity contribution >= 4 is 45.6 Å². The van der Waals surface area contributed by atoms with Crippen LogP contribution in [0, 0.1) is 17.2 Å². The molecule has 2 aromatic heterocycles. The molecule has 4 rings (SSSR count). The van der Waals surface area contributed by atoms with Gasteiger partial charge in [-0.1, -0.05) is 0 Å². The molecule has 8 nitrogen and oxygen atoms in total. The van der Waals surface area contributed by atoms with Crippen LogP contribution in [0.2, 0.25) is 0 Å². The Morgan fingerprint density at radius 1 is 1.27 bits per heavy atom. The van der Waals surface area contributed by atoms with Gasteiger partial charge in [-0.2, -0.15) is 18.4 Å². The molecule has 0 aliphatic carbocycles. The Morgan fingerprint density at radius 2 is 1.98 bits per heavy atom. The van der Waals surface area contributed by atoms with Crippen LogP contribution in [0.3, 0.4) is 0 Å². The van der Waals surface area contributed by atoms with Gasteiger partial charge < -0.3 is 20.1 Å². The van der Waals surface area contributed by atoms with Crippen molar-refractivity contribution in [2.75, 3.05) is 25.0 Å². The fourth-order valence-corrected chi connectivity index (χ4v) is 6.40. The molecule has 1 aliphatic rings. The van der Waals surface area contributed by atoms with Crippen molar-refractivity contribution in [1.29, 1.82) is 5.26 Å². The van der Waals surface area contributed by atoms with Crippen LogP contribution < -0.4 is 25.4 Å². The van der Waals surface area contributed by atoms with Crippen molar-refractivity contribution in [1.82, 2.24) is 19.4 Å². The highest BCUT2D eigenvalue weighted by Gasteiger charge is 2.29. The Bertz CT molecular complexity index is 1640. The van der Waals surface area contributed by atoms with Crippen molar-refractivity contribution in [2.24, 2.45) is 13.0 Å². The summed E-state index contributed by atoms with van der Waals surface area (Å²) in [7, 11) is 2.03. The van der Waals surface area contributed by atoms with E-state index in [4.69, 9.17) is 0 Å². The average Bonchev–Trinajstić information content (AvgIpc) is 3.41. The summed E-state index contributed by atoms with van der Waals surface area (Å²) >= 11 is 0.883. The lowest BCUT2D eigenvalue weighted by atomic mass is 9.89. The highest BCUT2D eigenvalue weighted by atomic mass is 32.1. The Hall–Kier alpha value is -3.56. The maximum Gasteiger partial charge on any atom is 0.405 e. The van der Waals surface area contributed by atoms with Gasteiger partial charge in [0, 0.05) is 48.6 Å². The molecule has 1 fully saturated rings. The van der Waals surface area contributed by atoms with Gasteiger partial charge >= 0.3 is 6.18 Å². The van der Waals surface area contributed by atoms with Crippen molar-refractivity contribution in [2.45, 2.75) is 58.8 Å². The van der Waals surface area contributed by atoms with Crippen molar-refractivity contribution in [3.8, 4) is 6.07 Å². The monoisotopic (exact) mass is 588 g/mol. The lowest BCUT2D eigenvalue weighted by molar-refractivity contribution is -0.135. The van der Waals surface area contributed by atoms with E-state index in [-0.39, 0.29) is 15.7 Å². The lowest BCUT2D eigenvalue weighted by Gasteiger charge is -2.34. The highest BCUT2D eigenvalue weighted by Crippen LogP contribution is 2.29. The van der Waals surface area contributed by atoms with Crippen LogP contribution in [0.25, 0.3) is 22.7 Å². The van der Waals surface area contributed by atoms with Gasteiger partial charge in [0.15, 0.2) is 5.57 Å². The van der Waals surface area contributed by atoms with Gasteiger partial charge in [0.05, 0.1) is 0 Å². The third-order valence-corrected chi connectivity index (χ3v) is 8.69. The third-order valence-electron chi connectivity index (χ3n) is 7.56. The molecule has 0 unspecified atom stereocenters. The molecule has 3 aromatic rings. The number of thiazole rings is 1. The number of anilines is 1. The first-order chi connectivity index (χ1) is 19.4. The molecule has 0 spiro atoms. The van der Waals surface area contributed by atoms with Gasteiger partial charge in [0.25, 0.3) is 11.5 Å². The largest absolute Gasteiger partial charge is 0.405 e. The first-order valence-electron chi connectivity index (χ1n) is 13.7. The number of carbonyl (C=O) groups is 1. The predicted octanol–water partition coefficient (Wildman–Crippen LogP) is 3.29. The van der Waals surface area contributed by atoms with Crippen molar-refractivity contribution in [3.05, 3.63) is 49.5 Å². The van der Waals surface area contributed by atoms with Crippen LogP contribution in [0.5, 0.6) is 0 Å². The number of halogens is 3. The number of hydrogen-bond donors (Lipinski definition) is 2. The zero-order valence-corrected chi connectivity index (χ0v) is 24.5. The molecule has 0 atom stereocenters. The molecular formula is C29H35F3N6O2S. The number of hydrogen-bond acceptors (Lipinski definition) is 6. The molecule has 3 heterocycles. The first kappa shape index (κ1) is 30.4. The molecule has 2 N–H and O–H groups in total. The molecule has 41 heavy (non-hydrogen) atoms. The summed E-state index contributed by atoms with van der Waals surface area (Å²) in [5.41, 5.74) is 2.18. The SMILES string of the molecule is CCn1c(=O)/c(=C/Nc2ccc3c(c2)c(CC2CCN(C(C)C)CC2)cn3C)s/c1=C(\C#N)C(=O)NCC(F)(F)F. The summed E-state index contributed by atoms with van der Waals surface area (Å²) in [5.74, 6) is -0.556. The van der Waals surface area contributed by atoms with Gasteiger partial charge in [0.1, 0.15) is 21.8 Å². The number of piperidine rings is 1. The standard InChI is InChI=1S/C29H35F3N6O2S/c1-5-38-27(40)25(41-28(38)23(14-33)26(39)35-17-29(30,31)32)15-34-21-6-7-24-22(13-21)20(16-36(24)4)12-19-8-10-37(11-9-19)18(2)3/h6-7,13,15-16,18-19,34H,5,8-12,17H2,1-4H3,(H,35,39)/b25-15-,28-23+. The Balaban J connectivity index is 1.61. The molecule has 1 aliphatic heterocycles. The van der Waals surface area contributed by atoms with Crippen LogP contribution in [-0.2, 0) is 24.8 Å². The summed E-state index contributed by atoms with van der Waals surface area (Å²) in [5, 5.41) is 15.5. The number of alkyl halides is 3. The first-order valence-corrected chi connectivity index (χ1v) is 14.5. The van der Waals surface area contributed by atoms with E-state index in [0.717, 1.165) is 47.4 Å². The summed E-state index contributed by atoms with van der Waals surface area (Å²) in [6.07, 6.45) is 2.40. The molecule has 0 radical (unpaired) electrons. The van der Waals surface area contributed by atoms with E-state index in [9.17, 15) is 28.0 Å². The van der Waals surface area contributed by atoms with Crippen LogP contribution in [0.1, 0.15) is 39.2 Å². The third kappa shape index (κ3) is 7.02. The maximum absolute atomic E-state index is 13.0. The molecule has 220 valence electrons. The van der Waals surface area contributed by atoms with Crippen molar-refractivity contribution in [3.63, 3.8) is 0 Å². The van der Waals surface area contributed by atoms with E-state index in [1.165, 1.54) is 29.2 Å². The number of aryl methyl sites for hydroxylation is 1. The number of fused-ring (bicyclic) bond motifs is 1. The quantitative estimate of drug-likeness (QED) is 0.421. The minimum Gasteiger partial charge on any atom is -0.360 e. The van der Waals surface area contributed by atoms with E-state index >= 15 is 0 Å². The van der Waals surface area contributed by atoms with Gasteiger partial charge in [-0.15, -0.1) is 11.3 Å². The van der Waals surface area contributed by atoms with Crippen molar-refractivity contribution < 1.29 is 18.0 Å². The minimum atomic E-state index is -4.62. The number of nitrogens with zero attached hydrogens (tertiary/aromatic N) is 4. The summed E-state index contributed by atoms with van der Waals surface area (Å²) in [6.45, 7) is 6.94. The number of likely N-dealkylation sites (tertiary alicyclic amines) is 1. The minimum absolute atomic E-state index is 0.0111. The molecular weight excluding hydrogens is 553 g/mol. The van der Waals surface area contributed by atoms with Crippen LogP contribution in [0.4, 0.5) is 18.9 Å². The number of nitrogens with one attached hydrogen (secondary N) is 2. The zero-order chi connectivity index (χ0) is 29.9. The summed E-state index contributed by atoms with van der Waals surface area (Å²) in [6, 6.07) is 8.21. The lowest BCUT2D eigenvalue weighted by Crippen LogP contribution is -2.38.